The summed E-state index contributed by atoms with van der Waals surface area (Å²) in [4.78, 5) is 2.52. The van der Waals surface area contributed by atoms with E-state index in [4.69, 9.17) is 22.2 Å². The second-order valence-corrected chi connectivity index (χ2v) is 5.42. The van der Waals surface area contributed by atoms with Gasteiger partial charge in [-0.25, -0.2) is 0 Å². The molecule has 0 amide bonds. The highest BCUT2D eigenvalue weighted by molar-refractivity contribution is 7.81. The summed E-state index contributed by atoms with van der Waals surface area (Å²) in [5.74, 6) is 0.771. The van der Waals surface area contributed by atoms with Crippen molar-refractivity contribution in [3.05, 3.63) is 15.8 Å². The number of ether oxygens (including phenoxy) is 1. The highest BCUT2D eigenvalue weighted by Gasteiger charge is 2.31. The monoisotopic (exact) mass is 223 g/mol. The van der Waals surface area contributed by atoms with Crippen molar-refractivity contribution in [1.82, 2.24) is 0 Å². The zero-order chi connectivity index (χ0) is 10.3. The molecule has 1 aromatic heterocycles. The van der Waals surface area contributed by atoms with Crippen LogP contribution in [0.2, 0.25) is 0 Å². The van der Waals surface area contributed by atoms with Gasteiger partial charge in [-0.1, -0.05) is 12.2 Å². The van der Waals surface area contributed by atoms with Crippen LogP contribution in [-0.2, 0) is 0 Å². The summed E-state index contributed by atoms with van der Waals surface area (Å²) in [6.45, 7) is 4.01. The van der Waals surface area contributed by atoms with Gasteiger partial charge >= 0.3 is 0 Å². The van der Waals surface area contributed by atoms with Crippen molar-refractivity contribution in [2.75, 3.05) is 0 Å². The Labute approximate surface area is 92.1 Å². The number of nitriles is 1. The molecule has 72 valence electrons. The first-order chi connectivity index (χ1) is 6.52. The van der Waals surface area contributed by atoms with Crippen LogP contribution in [0.5, 0.6) is 5.75 Å². The van der Waals surface area contributed by atoms with Gasteiger partial charge in [0.15, 0.2) is 0 Å². The third kappa shape index (κ3) is 1.54. The quantitative estimate of drug-likeness (QED) is 0.634. The number of thiophene rings is 1. The van der Waals surface area contributed by atoms with Gasteiger partial charge in [0.05, 0.1) is 4.88 Å². The Kier molecular flexibility index (Phi) is 2.09. The topological polar surface area (TPSA) is 33.0 Å². The Balaban J connectivity index is 2.49. The Bertz CT molecular complexity index is 439. The van der Waals surface area contributed by atoms with Crippen LogP contribution in [0.3, 0.4) is 0 Å². The molecule has 2 nitrogen and oxygen atoms in total. The average Bonchev–Trinajstić information content (AvgIpc) is 2.45. The van der Waals surface area contributed by atoms with E-state index in [2.05, 4.69) is 6.07 Å². The van der Waals surface area contributed by atoms with Crippen LogP contribution in [0.1, 0.15) is 30.0 Å². The highest BCUT2D eigenvalue weighted by Crippen LogP contribution is 2.38. The third-order valence-corrected chi connectivity index (χ3v) is 3.59. The number of rotatable bonds is 0. The summed E-state index contributed by atoms with van der Waals surface area (Å²) in [6.07, 6.45) is 0.751. The Morgan fingerprint density at radius 2 is 2.36 bits per heavy atom. The third-order valence-electron chi connectivity index (χ3n) is 2.03. The smallest absolute Gasteiger partial charge is 0.140 e. The summed E-state index contributed by atoms with van der Waals surface area (Å²) in [7, 11) is 0. The van der Waals surface area contributed by atoms with Crippen molar-refractivity contribution in [3.8, 4) is 11.8 Å². The number of fused-ring (bicyclic) bond motifs is 1. The van der Waals surface area contributed by atoms with Gasteiger partial charge in [0.25, 0.3) is 0 Å². The largest absolute Gasteiger partial charge is 0.486 e. The molecule has 0 aromatic carbocycles. The van der Waals surface area contributed by atoms with E-state index in [-0.39, 0.29) is 5.60 Å². The maximum absolute atomic E-state index is 8.76. The van der Waals surface area contributed by atoms with E-state index in [9.17, 15) is 0 Å². The molecule has 0 aliphatic carbocycles. The first-order valence-electron chi connectivity index (χ1n) is 4.28. The molecular formula is C10H9NOS2. The van der Waals surface area contributed by atoms with Crippen LogP contribution in [0.4, 0.5) is 0 Å². The second kappa shape index (κ2) is 3.04. The van der Waals surface area contributed by atoms with E-state index in [1.807, 2.05) is 13.8 Å². The van der Waals surface area contributed by atoms with Crippen LogP contribution in [-0.4, -0.2) is 10.5 Å². The van der Waals surface area contributed by atoms with E-state index in [0.29, 0.717) is 4.88 Å². The van der Waals surface area contributed by atoms with Gasteiger partial charge in [0, 0.05) is 17.4 Å². The lowest BCUT2D eigenvalue weighted by atomic mass is 9.99. The van der Waals surface area contributed by atoms with Gasteiger partial charge in [-0.2, -0.15) is 5.26 Å². The summed E-state index contributed by atoms with van der Waals surface area (Å²) in [5, 5.41) is 8.76. The summed E-state index contributed by atoms with van der Waals surface area (Å²) < 4.78 is 5.74. The molecule has 0 bridgehead atoms. The molecule has 0 fully saturated rings. The van der Waals surface area contributed by atoms with E-state index >= 15 is 0 Å². The average molecular weight is 223 g/mol. The fraction of sp³-hybridized carbons (Fsp3) is 0.400. The van der Waals surface area contributed by atoms with Crippen LogP contribution in [0, 0.1) is 11.3 Å². The molecule has 0 atom stereocenters. The number of nitrogens with zero attached hydrogens (tertiary/aromatic N) is 1. The summed E-state index contributed by atoms with van der Waals surface area (Å²) in [6, 6.07) is 3.88. The standard InChI is InChI=1S/C10H9NOS2/c1-10(2)4-8(13)9-7(12-10)3-6(5-11)14-9/h3H,4H2,1-2H3. The number of hydrogen-bond donors (Lipinski definition) is 0. The fourth-order valence-electron chi connectivity index (χ4n) is 1.50. The molecule has 0 saturated heterocycles. The van der Waals surface area contributed by atoms with Crippen LogP contribution in [0.25, 0.3) is 0 Å². The predicted molar refractivity (Wildman–Crippen MR) is 60.1 cm³/mol. The Hall–Kier alpha value is -0.920. The van der Waals surface area contributed by atoms with Gasteiger partial charge in [-0.3, -0.25) is 0 Å². The van der Waals surface area contributed by atoms with Crippen LogP contribution >= 0.6 is 23.6 Å². The lowest BCUT2D eigenvalue weighted by molar-refractivity contribution is 0.113. The summed E-state index contributed by atoms with van der Waals surface area (Å²) in [5.41, 5.74) is -0.238. The minimum atomic E-state index is -0.238. The summed E-state index contributed by atoms with van der Waals surface area (Å²) >= 11 is 6.71. The maximum atomic E-state index is 8.76. The van der Waals surface area contributed by atoms with Crippen LogP contribution < -0.4 is 4.74 Å². The van der Waals surface area contributed by atoms with E-state index < -0.39 is 0 Å². The van der Waals surface area contributed by atoms with Gasteiger partial charge in [0.2, 0.25) is 0 Å². The maximum Gasteiger partial charge on any atom is 0.140 e. The van der Waals surface area contributed by atoms with Crippen LogP contribution in [0.15, 0.2) is 6.07 Å². The number of hydrogen-bond acceptors (Lipinski definition) is 4. The molecule has 2 heterocycles. The highest BCUT2D eigenvalue weighted by atomic mass is 32.1. The van der Waals surface area contributed by atoms with Gasteiger partial charge in [-0.15, -0.1) is 11.3 Å². The molecule has 0 N–H and O–H groups in total. The second-order valence-electron chi connectivity index (χ2n) is 3.88. The Morgan fingerprint density at radius 1 is 1.64 bits per heavy atom. The normalized spacial score (nSPS) is 18.2. The SMILES string of the molecule is CC1(C)CC(=S)c2sc(C#N)cc2O1. The van der Waals surface area contributed by atoms with E-state index in [0.717, 1.165) is 21.9 Å². The van der Waals surface area contributed by atoms with Crippen molar-refractivity contribution < 1.29 is 4.74 Å². The van der Waals surface area contributed by atoms with E-state index in [1.165, 1.54) is 11.3 Å². The molecular weight excluding hydrogens is 214 g/mol. The first-order valence-corrected chi connectivity index (χ1v) is 5.50. The lowest BCUT2D eigenvalue weighted by Gasteiger charge is -2.30. The molecule has 1 aliphatic heterocycles. The molecule has 1 aliphatic rings. The van der Waals surface area contributed by atoms with Crippen molar-refractivity contribution in [2.45, 2.75) is 25.9 Å². The molecule has 0 unspecified atom stereocenters. The van der Waals surface area contributed by atoms with Crippen molar-refractivity contribution >= 4 is 28.4 Å². The van der Waals surface area contributed by atoms with E-state index in [1.54, 1.807) is 6.07 Å². The molecule has 0 spiro atoms. The predicted octanol–water partition coefficient (Wildman–Crippen LogP) is 2.90. The lowest BCUT2D eigenvalue weighted by Crippen LogP contribution is -2.34. The van der Waals surface area contributed by atoms with Crippen molar-refractivity contribution in [3.63, 3.8) is 0 Å². The molecule has 4 heteroatoms. The minimum absolute atomic E-state index is 0.238. The molecule has 0 saturated carbocycles. The molecule has 1 aromatic rings. The van der Waals surface area contributed by atoms with Gasteiger partial charge in [-0.05, 0) is 13.8 Å². The minimum Gasteiger partial charge on any atom is -0.486 e. The first kappa shape index (κ1) is 9.63. The zero-order valence-corrected chi connectivity index (χ0v) is 9.59. The van der Waals surface area contributed by atoms with Crippen molar-refractivity contribution in [2.24, 2.45) is 0 Å². The van der Waals surface area contributed by atoms with Gasteiger partial charge < -0.3 is 4.74 Å². The Morgan fingerprint density at radius 3 is 3.00 bits per heavy atom. The van der Waals surface area contributed by atoms with Gasteiger partial charge in [0.1, 0.15) is 22.3 Å². The zero-order valence-electron chi connectivity index (χ0n) is 7.96. The molecule has 14 heavy (non-hydrogen) atoms. The molecule has 2 rings (SSSR count). The van der Waals surface area contributed by atoms with Crippen molar-refractivity contribution in [1.29, 1.82) is 5.26 Å². The fourth-order valence-corrected chi connectivity index (χ4v) is 2.89. The molecule has 0 radical (unpaired) electrons. The number of thiocarbonyl (C=S) groups is 1.